The van der Waals surface area contributed by atoms with Crippen molar-refractivity contribution < 1.29 is 17.2 Å². The fourth-order valence-electron chi connectivity index (χ4n) is 1.83. The van der Waals surface area contributed by atoms with Crippen molar-refractivity contribution in [2.24, 2.45) is 0 Å². The molecular weight excluding hydrogens is 347 g/mol. The highest BCUT2D eigenvalue weighted by Crippen LogP contribution is 2.26. The number of hydrogen-bond donors (Lipinski definition) is 2. The van der Waals surface area contributed by atoms with Crippen molar-refractivity contribution in [3.05, 3.63) is 47.2 Å². The predicted molar refractivity (Wildman–Crippen MR) is 81.0 cm³/mol. The lowest BCUT2D eigenvalue weighted by Gasteiger charge is -2.08. The van der Waals surface area contributed by atoms with Gasteiger partial charge >= 0.3 is 0 Å². The first-order valence-corrected chi connectivity index (χ1v) is 8.18. The molecule has 0 spiro atoms. The number of anilines is 1. The Balaban J connectivity index is 1.89. The first kappa shape index (κ1) is 15.5. The maximum absolute atomic E-state index is 13.0. The van der Waals surface area contributed by atoms with Gasteiger partial charge in [-0.3, -0.25) is 4.72 Å². The number of benzene rings is 1. The van der Waals surface area contributed by atoms with Crippen LogP contribution in [0.15, 0.2) is 39.8 Å². The SMILES string of the molecule is Cc1nnc(-c2cc(S(=O)(=O)Nc3ccc(F)cc3Cl)c[nH]2)o1. The number of hydrogen-bond acceptors (Lipinski definition) is 5. The van der Waals surface area contributed by atoms with Gasteiger partial charge in [0.25, 0.3) is 15.9 Å². The van der Waals surface area contributed by atoms with Crippen LogP contribution in [-0.2, 0) is 10.0 Å². The number of H-pyrrole nitrogens is 1. The standard InChI is InChI=1S/C13H10ClFN4O3S/c1-7-17-18-13(22-7)12-5-9(6-16-12)23(20,21)19-11-3-2-8(15)4-10(11)14/h2-6,16,19H,1H3. The summed E-state index contributed by atoms with van der Waals surface area (Å²) in [6, 6.07) is 4.70. The molecule has 0 saturated heterocycles. The van der Waals surface area contributed by atoms with Crippen LogP contribution in [0.3, 0.4) is 0 Å². The van der Waals surface area contributed by atoms with Gasteiger partial charge in [-0.15, -0.1) is 10.2 Å². The zero-order chi connectivity index (χ0) is 16.6. The van der Waals surface area contributed by atoms with E-state index in [1.54, 1.807) is 6.92 Å². The first-order valence-electron chi connectivity index (χ1n) is 6.32. The van der Waals surface area contributed by atoms with Gasteiger partial charge in [0.2, 0.25) is 5.89 Å². The normalized spacial score (nSPS) is 11.6. The molecule has 3 aromatic rings. The van der Waals surface area contributed by atoms with Crippen LogP contribution in [0.4, 0.5) is 10.1 Å². The highest BCUT2D eigenvalue weighted by molar-refractivity contribution is 7.92. The lowest BCUT2D eigenvalue weighted by atomic mass is 10.3. The summed E-state index contributed by atoms with van der Waals surface area (Å²) in [5, 5.41) is 7.42. The average molecular weight is 357 g/mol. The Bertz CT molecular complexity index is 967. The fourth-order valence-corrected chi connectivity index (χ4v) is 3.18. The Hall–Kier alpha value is -2.39. The number of aromatic amines is 1. The molecule has 0 amide bonds. The highest BCUT2D eigenvalue weighted by Gasteiger charge is 2.19. The molecule has 0 aliphatic heterocycles. The van der Waals surface area contributed by atoms with Gasteiger partial charge in [-0.1, -0.05) is 11.6 Å². The van der Waals surface area contributed by atoms with Gasteiger partial charge in [0.05, 0.1) is 10.7 Å². The van der Waals surface area contributed by atoms with E-state index in [2.05, 4.69) is 19.9 Å². The maximum Gasteiger partial charge on any atom is 0.264 e. The van der Waals surface area contributed by atoms with Crippen LogP contribution in [-0.4, -0.2) is 23.6 Å². The van der Waals surface area contributed by atoms with E-state index in [1.165, 1.54) is 18.3 Å². The van der Waals surface area contributed by atoms with E-state index in [-0.39, 0.29) is 21.5 Å². The summed E-state index contributed by atoms with van der Waals surface area (Å²) in [6.07, 6.45) is 1.27. The lowest BCUT2D eigenvalue weighted by Crippen LogP contribution is -2.12. The van der Waals surface area contributed by atoms with E-state index in [1.807, 2.05) is 0 Å². The zero-order valence-electron chi connectivity index (χ0n) is 11.7. The molecule has 0 aliphatic rings. The van der Waals surface area contributed by atoms with E-state index >= 15 is 0 Å². The van der Waals surface area contributed by atoms with E-state index < -0.39 is 15.8 Å². The first-order chi connectivity index (χ1) is 10.8. The molecule has 2 N–H and O–H groups in total. The Morgan fingerprint density at radius 2 is 2.09 bits per heavy atom. The third-order valence-electron chi connectivity index (χ3n) is 2.90. The van der Waals surface area contributed by atoms with Crippen LogP contribution in [0.2, 0.25) is 5.02 Å². The minimum atomic E-state index is -3.91. The number of nitrogens with one attached hydrogen (secondary N) is 2. The Kier molecular flexibility index (Phi) is 3.82. The van der Waals surface area contributed by atoms with Crippen LogP contribution in [0.5, 0.6) is 0 Å². The molecule has 2 heterocycles. The molecule has 0 atom stereocenters. The molecule has 2 aromatic heterocycles. The minimum Gasteiger partial charge on any atom is -0.420 e. The summed E-state index contributed by atoms with van der Waals surface area (Å²) in [7, 11) is -3.91. The molecule has 0 fully saturated rings. The molecule has 23 heavy (non-hydrogen) atoms. The average Bonchev–Trinajstić information content (AvgIpc) is 3.10. The quantitative estimate of drug-likeness (QED) is 0.748. The largest absolute Gasteiger partial charge is 0.420 e. The molecule has 0 radical (unpaired) electrons. The third kappa shape index (κ3) is 3.20. The second-order valence-corrected chi connectivity index (χ2v) is 6.69. The van der Waals surface area contributed by atoms with Gasteiger partial charge in [0.1, 0.15) is 16.4 Å². The van der Waals surface area contributed by atoms with E-state index in [0.717, 1.165) is 12.1 Å². The smallest absolute Gasteiger partial charge is 0.264 e. The van der Waals surface area contributed by atoms with Crippen LogP contribution in [0.25, 0.3) is 11.6 Å². The van der Waals surface area contributed by atoms with Gasteiger partial charge < -0.3 is 9.40 Å². The summed E-state index contributed by atoms with van der Waals surface area (Å²) >= 11 is 5.82. The van der Waals surface area contributed by atoms with E-state index in [9.17, 15) is 12.8 Å². The van der Waals surface area contributed by atoms with E-state index in [0.29, 0.717) is 11.6 Å². The molecule has 3 rings (SSSR count). The van der Waals surface area contributed by atoms with Gasteiger partial charge in [0.15, 0.2) is 0 Å². The Labute approximate surface area is 135 Å². The van der Waals surface area contributed by atoms with Crippen molar-refractivity contribution in [2.45, 2.75) is 11.8 Å². The number of rotatable bonds is 4. The number of nitrogens with zero attached hydrogens (tertiary/aromatic N) is 2. The number of aromatic nitrogens is 3. The summed E-state index contributed by atoms with van der Waals surface area (Å²) in [6.45, 7) is 1.62. The number of aryl methyl sites for hydroxylation is 1. The summed E-state index contributed by atoms with van der Waals surface area (Å²) in [4.78, 5) is 2.69. The van der Waals surface area contributed by atoms with Crippen molar-refractivity contribution in [2.75, 3.05) is 4.72 Å². The van der Waals surface area contributed by atoms with Crippen LogP contribution in [0.1, 0.15) is 5.89 Å². The summed E-state index contributed by atoms with van der Waals surface area (Å²) in [5.74, 6) is -0.0346. The van der Waals surface area contributed by atoms with Crippen molar-refractivity contribution in [3.63, 3.8) is 0 Å². The lowest BCUT2D eigenvalue weighted by molar-refractivity contribution is 0.531. The molecular formula is C13H10ClFN4O3S. The topological polar surface area (TPSA) is 101 Å². The second kappa shape index (κ2) is 5.67. The predicted octanol–water partition coefficient (Wildman–Crippen LogP) is 2.97. The van der Waals surface area contributed by atoms with Crippen molar-refractivity contribution in [1.29, 1.82) is 0 Å². The van der Waals surface area contributed by atoms with Crippen LogP contribution < -0.4 is 4.72 Å². The fraction of sp³-hybridized carbons (Fsp3) is 0.0769. The van der Waals surface area contributed by atoms with Gasteiger partial charge in [0, 0.05) is 13.1 Å². The van der Waals surface area contributed by atoms with Crippen molar-refractivity contribution in [1.82, 2.24) is 15.2 Å². The number of halogens is 2. The zero-order valence-corrected chi connectivity index (χ0v) is 13.2. The van der Waals surface area contributed by atoms with Gasteiger partial charge in [-0.05, 0) is 24.3 Å². The van der Waals surface area contributed by atoms with Gasteiger partial charge in [-0.25, -0.2) is 12.8 Å². The third-order valence-corrected chi connectivity index (χ3v) is 4.56. The molecule has 10 heteroatoms. The molecule has 1 aromatic carbocycles. The van der Waals surface area contributed by atoms with Crippen LogP contribution in [0, 0.1) is 12.7 Å². The van der Waals surface area contributed by atoms with Crippen LogP contribution >= 0.6 is 11.6 Å². The molecule has 0 saturated carbocycles. The summed E-state index contributed by atoms with van der Waals surface area (Å²) < 4.78 is 45.2. The monoisotopic (exact) mass is 356 g/mol. The van der Waals surface area contributed by atoms with E-state index in [4.69, 9.17) is 16.0 Å². The van der Waals surface area contributed by atoms with Crippen molar-refractivity contribution in [3.8, 4) is 11.6 Å². The highest BCUT2D eigenvalue weighted by atomic mass is 35.5. The molecule has 0 aliphatic carbocycles. The molecule has 0 bridgehead atoms. The van der Waals surface area contributed by atoms with Crippen molar-refractivity contribution >= 4 is 27.3 Å². The van der Waals surface area contributed by atoms with Gasteiger partial charge in [-0.2, -0.15) is 0 Å². The molecule has 0 unspecified atom stereocenters. The Morgan fingerprint density at radius 3 is 2.74 bits per heavy atom. The second-order valence-electron chi connectivity index (χ2n) is 4.60. The minimum absolute atomic E-state index is 0.0446. The maximum atomic E-state index is 13.0. The summed E-state index contributed by atoms with van der Waals surface area (Å²) in [5.41, 5.74) is 0.431. The molecule has 7 nitrogen and oxygen atoms in total. The number of sulfonamides is 1. The molecule has 120 valence electrons. The Morgan fingerprint density at radius 1 is 1.30 bits per heavy atom.